The number of azo groups is 2. The van der Waals surface area contributed by atoms with Gasteiger partial charge >= 0.3 is 0 Å². The lowest BCUT2D eigenvalue weighted by Crippen LogP contribution is -2.38. The fourth-order valence-electron chi connectivity index (χ4n) is 2.91. The maximum Gasteiger partial charge on any atom is 0.257 e. The molecule has 2 aliphatic heterocycles. The van der Waals surface area contributed by atoms with Crippen LogP contribution < -0.4 is 0 Å². The van der Waals surface area contributed by atoms with Crippen molar-refractivity contribution < 1.29 is 9.47 Å². The van der Waals surface area contributed by atoms with Gasteiger partial charge in [0.05, 0.1) is 36.6 Å². The zero-order valence-electron chi connectivity index (χ0n) is 13.4. The van der Waals surface area contributed by atoms with Crippen LogP contribution in [-0.4, -0.2) is 5.79 Å². The molecule has 0 fully saturated rings. The van der Waals surface area contributed by atoms with Crippen molar-refractivity contribution in [3.63, 3.8) is 0 Å². The van der Waals surface area contributed by atoms with Crippen LogP contribution in [0.2, 0.25) is 0 Å². The predicted molar refractivity (Wildman–Crippen MR) is 92.5 cm³/mol. The first-order valence-corrected chi connectivity index (χ1v) is 7.98. The van der Waals surface area contributed by atoms with Crippen LogP contribution in [0.25, 0.3) is 0 Å². The Balaban J connectivity index is 1.80. The van der Waals surface area contributed by atoms with Gasteiger partial charge in [-0.3, -0.25) is 0 Å². The number of rotatable bonds is 0. The van der Waals surface area contributed by atoms with E-state index < -0.39 is 5.79 Å². The average molecular weight is 332 g/mol. The zero-order valence-corrected chi connectivity index (χ0v) is 13.4. The van der Waals surface area contributed by atoms with Crippen LogP contribution in [0.3, 0.4) is 0 Å². The van der Waals surface area contributed by atoms with Crippen LogP contribution in [0.4, 0.5) is 11.4 Å². The molecule has 0 unspecified atom stereocenters. The highest BCUT2D eigenvalue weighted by molar-refractivity contribution is 5.48. The normalized spacial score (nSPS) is 24.0. The van der Waals surface area contributed by atoms with E-state index in [-0.39, 0.29) is 0 Å². The highest BCUT2D eigenvalue weighted by Crippen LogP contribution is 2.34. The van der Waals surface area contributed by atoms with Crippen molar-refractivity contribution in [1.29, 1.82) is 0 Å². The van der Waals surface area contributed by atoms with Gasteiger partial charge in [0, 0.05) is 0 Å². The van der Waals surface area contributed by atoms with E-state index in [1.807, 2.05) is 48.5 Å². The molecule has 1 spiro atoms. The van der Waals surface area contributed by atoms with E-state index in [9.17, 15) is 0 Å². The standard InChI is InChI=1S/C19H16N4O2/c1-3-7-17-15(5-1)13-19(24-11-9-20-22-17)14-16-6-2-4-8-18(16)23-21-10-12-25-19/h1-12H,13-14H2/b11-9-,12-10-,22-20?,23-21?. The van der Waals surface area contributed by atoms with Crippen LogP contribution in [0.1, 0.15) is 11.1 Å². The van der Waals surface area contributed by atoms with Crippen molar-refractivity contribution in [1.82, 2.24) is 0 Å². The van der Waals surface area contributed by atoms with E-state index in [4.69, 9.17) is 9.47 Å². The molecular formula is C19H16N4O2. The summed E-state index contributed by atoms with van der Waals surface area (Å²) in [7, 11) is 0. The van der Waals surface area contributed by atoms with Gasteiger partial charge in [-0.1, -0.05) is 36.4 Å². The molecule has 2 aliphatic rings. The molecule has 0 bridgehead atoms. The van der Waals surface area contributed by atoms with Crippen molar-refractivity contribution in [2.45, 2.75) is 18.6 Å². The largest absolute Gasteiger partial charge is 0.458 e. The van der Waals surface area contributed by atoms with Crippen molar-refractivity contribution in [2.24, 2.45) is 20.5 Å². The summed E-state index contributed by atoms with van der Waals surface area (Å²) in [6, 6.07) is 15.7. The van der Waals surface area contributed by atoms with Gasteiger partial charge in [-0.15, -0.1) is 0 Å². The molecule has 6 nitrogen and oxygen atoms in total. The number of nitrogens with zero attached hydrogens (tertiary/aromatic N) is 4. The Hall–Kier alpha value is -3.28. The molecule has 2 aromatic rings. The summed E-state index contributed by atoms with van der Waals surface area (Å²) in [5.41, 5.74) is 3.59. The van der Waals surface area contributed by atoms with Crippen LogP contribution >= 0.6 is 0 Å². The van der Waals surface area contributed by atoms with Gasteiger partial charge in [0.2, 0.25) is 0 Å². The first kappa shape index (κ1) is 15.3. The summed E-state index contributed by atoms with van der Waals surface area (Å²) >= 11 is 0. The third-order valence-corrected chi connectivity index (χ3v) is 4.05. The molecule has 0 amide bonds. The minimum absolute atomic E-state index is 0.505. The van der Waals surface area contributed by atoms with E-state index in [0.717, 1.165) is 22.5 Å². The number of hydrogen-bond acceptors (Lipinski definition) is 6. The van der Waals surface area contributed by atoms with E-state index in [1.54, 1.807) is 0 Å². The fourth-order valence-corrected chi connectivity index (χ4v) is 2.91. The first-order valence-electron chi connectivity index (χ1n) is 7.98. The summed E-state index contributed by atoms with van der Waals surface area (Å²) in [5.74, 6) is -0.941. The SMILES string of the molecule is C1=C\OC2(Cc3ccccc3N=N/1)Cc1ccccc1N=N/C=C\O2. The quantitative estimate of drug-likeness (QED) is 0.653. The minimum atomic E-state index is -0.941. The topological polar surface area (TPSA) is 67.9 Å². The fraction of sp³-hybridized carbons (Fsp3) is 0.158. The lowest BCUT2D eigenvalue weighted by atomic mass is 9.95. The molecule has 124 valence electrons. The number of hydrogen-bond donors (Lipinski definition) is 0. The minimum Gasteiger partial charge on any atom is -0.458 e. The smallest absolute Gasteiger partial charge is 0.257 e. The van der Waals surface area contributed by atoms with E-state index in [1.165, 1.54) is 24.9 Å². The molecule has 0 saturated carbocycles. The molecule has 2 heterocycles. The molecule has 25 heavy (non-hydrogen) atoms. The molecule has 0 aromatic heterocycles. The van der Waals surface area contributed by atoms with Gasteiger partial charge in [-0.05, 0) is 23.3 Å². The summed E-state index contributed by atoms with van der Waals surface area (Å²) in [6.45, 7) is 0. The van der Waals surface area contributed by atoms with Crippen LogP contribution in [0.5, 0.6) is 0 Å². The summed E-state index contributed by atoms with van der Waals surface area (Å²) in [6.07, 6.45) is 7.07. The average Bonchev–Trinajstić information content (AvgIpc) is 2.77. The predicted octanol–water partition coefficient (Wildman–Crippen LogP) is 5.34. The van der Waals surface area contributed by atoms with Gasteiger partial charge in [0.1, 0.15) is 12.5 Å². The second-order valence-corrected chi connectivity index (χ2v) is 5.76. The van der Waals surface area contributed by atoms with Crippen molar-refractivity contribution in [3.05, 3.63) is 84.6 Å². The second-order valence-electron chi connectivity index (χ2n) is 5.76. The molecule has 2 aromatic carbocycles. The highest BCUT2D eigenvalue weighted by Gasteiger charge is 2.36. The van der Waals surface area contributed by atoms with Gasteiger partial charge in [0.15, 0.2) is 0 Å². The number of benzene rings is 2. The van der Waals surface area contributed by atoms with Gasteiger partial charge in [0.25, 0.3) is 5.79 Å². The Morgan fingerprint density at radius 1 is 0.680 bits per heavy atom. The van der Waals surface area contributed by atoms with Gasteiger partial charge in [-0.25, -0.2) is 0 Å². The third-order valence-electron chi connectivity index (χ3n) is 4.05. The lowest BCUT2D eigenvalue weighted by Gasteiger charge is -2.32. The van der Waals surface area contributed by atoms with Crippen LogP contribution in [-0.2, 0) is 22.3 Å². The van der Waals surface area contributed by atoms with Gasteiger partial charge in [-0.2, -0.15) is 20.5 Å². The summed E-state index contributed by atoms with van der Waals surface area (Å²) < 4.78 is 12.0. The Bertz CT molecular complexity index is 813. The Morgan fingerprint density at radius 3 is 1.68 bits per heavy atom. The monoisotopic (exact) mass is 332 g/mol. The van der Waals surface area contributed by atoms with Crippen LogP contribution in [0, 0.1) is 0 Å². The van der Waals surface area contributed by atoms with Crippen LogP contribution in [0.15, 0.2) is 93.9 Å². The van der Waals surface area contributed by atoms with E-state index >= 15 is 0 Å². The molecule has 6 heteroatoms. The molecular weight excluding hydrogens is 316 g/mol. The van der Waals surface area contributed by atoms with Gasteiger partial charge < -0.3 is 9.47 Å². The molecule has 0 atom stereocenters. The summed E-state index contributed by atoms with van der Waals surface area (Å²) in [4.78, 5) is 0. The van der Waals surface area contributed by atoms with E-state index in [0.29, 0.717) is 12.8 Å². The molecule has 4 rings (SSSR count). The Kier molecular flexibility index (Phi) is 4.08. The molecule has 0 radical (unpaired) electrons. The molecule has 0 N–H and O–H groups in total. The van der Waals surface area contributed by atoms with Crippen molar-refractivity contribution in [2.75, 3.05) is 0 Å². The zero-order chi connectivity index (χ0) is 17.0. The molecule has 0 saturated heterocycles. The summed E-state index contributed by atoms with van der Waals surface area (Å²) in [5, 5.41) is 16.5. The first-order chi connectivity index (χ1) is 12.3. The maximum absolute atomic E-state index is 6.01. The lowest BCUT2D eigenvalue weighted by molar-refractivity contribution is -0.170. The van der Waals surface area contributed by atoms with Crippen molar-refractivity contribution >= 4 is 11.4 Å². The highest BCUT2D eigenvalue weighted by atomic mass is 16.7. The number of ether oxygens (including phenoxy) is 2. The maximum atomic E-state index is 6.01. The Morgan fingerprint density at radius 2 is 1.16 bits per heavy atom. The molecule has 0 aliphatic carbocycles. The van der Waals surface area contributed by atoms with Crippen molar-refractivity contribution in [3.8, 4) is 0 Å². The Labute approximate surface area is 145 Å². The number of fused-ring (bicyclic) bond motifs is 2. The third kappa shape index (κ3) is 3.33. The second kappa shape index (κ2) is 6.68. The van der Waals surface area contributed by atoms with E-state index in [2.05, 4.69) is 20.5 Å².